The third kappa shape index (κ3) is 5.21. The summed E-state index contributed by atoms with van der Waals surface area (Å²) in [4.78, 5) is 31.1. The van der Waals surface area contributed by atoms with E-state index in [4.69, 9.17) is 0 Å². The van der Waals surface area contributed by atoms with Crippen LogP contribution in [0.4, 0.5) is 0 Å². The van der Waals surface area contributed by atoms with Gasteiger partial charge >= 0.3 is 0 Å². The second-order valence-corrected chi connectivity index (χ2v) is 9.94. The van der Waals surface area contributed by atoms with E-state index in [1.165, 1.54) is 15.8 Å². The summed E-state index contributed by atoms with van der Waals surface area (Å²) in [6, 6.07) is 9.13. The van der Waals surface area contributed by atoms with Gasteiger partial charge in [0.05, 0.1) is 5.71 Å². The number of fused-ring (bicyclic) bond motifs is 1. The van der Waals surface area contributed by atoms with Crippen LogP contribution in [0.1, 0.15) is 41.9 Å². The fourth-order valence-electron chi connectivity index (χ4n) is 5.43. The molecule has 2 N–H and O–H groups in total. The van der Waals surface area contributed by atoms with E-state index >= 15 is 0 Å². The van der Waals surface area contributed by atoms with Crippen molar-refractivity contribution in [1.82, 2.24) is 20.2 Å². The lowest BCUT2D eigenvalue weighted by atomic mass is 9.79. The van der Waals surface area contributed by atoms with Crippen LogP contribution in [0.3, 0.4) is 0 Å². The molecule has 5 rings (SSSR count). The molecule has 0 bridgehead atoms. The van der Waals surface area contributed by atoms with E-state index in [0.717, 1.165) is 40.2 Å². The molecular weight excluding hydrogens is 478 g/mol. The number of benzene rings is 1. The largest absolute Gasteiger partial charge is 0.339 e. The summed E-state index contributed by atoms with van der Waals surface area (Å²) in [7, 11) is 1.70. The van der Waals surface area contributed by atoms with Gasteiger partial charge in [0.15, 0.2) is 0 Å². The summed E-state index contributed by atoms with van der Waals surface area (Å²) in [5, 5.41) is 17.9. The normalized spacial score (nSPS) is 19.5. The lowest BCUT2D eigenvalue weighted by molar-refractivity contribution is -0.120. The number of nitrogens with one attached hydrogen (secondary N) is 1. The lowest BCUT2D eigenvalue weighted by Gasteiger charge is -2.30. The molecule has 2 aromatic rings. The molecule has 1 aromatic carbocycles. The minimum atomic E-state index is -0.760. The highest BCUT2D eigenvalue weighted by Gasteiger charge is 2.33. The summed E-state index contributed by atoms with van der Waals surface area (Å²) in [6.45, 7) is 3.88. The van der Waals surface area contributed by atoms with Gasteiger partial charge in [0.25, 0.3) is 11.8 Å². The number of carbonyl (C=O) groups is 2. The van der Waals surface area contributed by atoms with Crippen molar-refractivity contribution < 1.29 is 14.8 Å². The Hall–Kier alpha value is -4.30. The van der Waals surface area contributed by atoms with Gasteiger partial charge in [-0.15, -0.1) is 0 Å². The average molecular weight is 510 g/mol. The van der Waals surface area contributed by atoms with Crippen LogP contribution in [0.15, 0.2) is 101 Å². The molecule has 1 aromatic heterocycles. The molecule has 8 heteroatoms. The first-order valence-electron chi connectivity index (χ1n) is 12.7. The number of allylic oxidation sites excluding steroid dienone is 8. The van der Waals surface area contributed by atoms with Crippen molar-refractivity contribution in [3.8, 4) is 0 Å². The van der Waals surface area contributed by atoms with Gasteiger partial charge in [-0.1, -0.05) is 36.4 Å². The van der Waals surface area contributed by atoms with Crippen molar-refractivity contribution in [2.75, 3.05) is 0 Å². The predicted octanol–water partition coefficient (Wildman–Crippen LogP) is 4.23. The van der Waals surface area contributed by atoms with E-state index in [1.807, 2.05) is 50.3 Å². The first-order valence-corrected chi connectivity index (χ1v) is 12.7. The number of aromatic nitrogens is 2. The van der Waals surface area contributed by atoms with Crippen LogP contribution < -0.4 is 5.32 Å². The third-order valence-corrected chi connectivity index (χ3v) is 7.30. The molecule has 2 aliphatic carbocycles. The molecule has 1 unspecified atom stereocenters. The van der Waals surface area contributed by atoms with Gasteiger partial charge in [-0.3, -0.25) is 19.5 Å². The average Bonchev–Trinajstić information content (AvgIpc) is 3.33. The monoisotopic (exact) mass is 509 g/mol. The first-order chi connectivity index (χ1) is 18.3. The standard InChI is InChI=1S/C30H31N5O3/c1-19-17-35(38)18-20(2)27(19)22-10-12-25(13-11-22)32-30(37)28(33-29(36)26-14-15-31-34(26)3)24-9-8-21-6-4-5-7-23(21)16-24/h4-7,10-15,17-18,24,28,38H,8-9,16H2,1-3H3,(H,33,36)/t24-,28?/m0/s1. The topological polar surface area (TPSA) is 99.8 Å². The van der Waals surface area contributed by atoms with Gasteiger partial charge < -0.3 is 5.32 Å². The zero-order chi connectivity index (χ0) is 26.8. The molecule has 2 atom stereocenters. The molecule has 0 radical (unpaired) electrons. The maximum Gasteiger partial charge on any atom is 0.270 e. The maximum absolute atomic E-state index is 13.6. The van der Waals surface area contributed by atoms with Crippen LogP contribution in [-0.4, -0.2) is 43.6 Å². The van der Waals surface area contributed by atoms with Crippen LogP contribution >= 0.6 is 0 Å². The summed E-state index contributed by atoms with van der Waals surface area (Å²) in [5.74, 6) is -0.785. The second-order valence-electron chi connectivity index (χ2n) is 9.94. The molecule has 0 saturated heterocycles. The van der Waals surface area contributed by atoms with Gasteiger partial charge in [-0.25, -0.2) is 10.1 Å². The molecule has 194 valence electrons. The molecule has 0 saturated carbocycles. The summed E-state index contributed by atoms with van der Waals surface area (Å²) >= 11 is 0. The number of rotatable bonds is 4. The van der Waals surface area contributed by atoms with E-state index in [0.29, 0.717) is 17.8 Å². The molecule has 8 nitrogen and oxygen atoms in total. The van der Waals surface area contributed by atoms with Crippen molar-refractivity contribution >= 4 is 17.5 Å². The first kappa shape index (κ1) is 25.4. The number of amides is 2. The van der Waals surface area contributed by atoms with Crippen molar-refractivity contribution in [3.63, 3.8) is 0 Å². The molecular formula is C30H31N5O3. The number of carbonyl (C=O) groups excluding carboxylic acids is 2. The highest BCUT2D eigenvalue weighted by atomic mass is 16.5. The Labute approximate surface area is 222 Å². The molecule has 1 aliphatic heterocycles. The number of nitrogens with zero attached hydrogens (tertiary/aromatic N) is 4. The van der Waals surface area contributed by atoms with Crippen LogP contribution in [0.2, 0.25) is 0 Å². The number of hydroxylamine groups is 2. The molecule has 3 aliphatic rings. The van der Waals surface area contributed by atoms with Crippen molar-refractivity contribution in [1.29, 1.82) is 0 Å². The van der Waals surface area contributed by atoms with E-state index < -0.39 is 6.04 Å². The van der Waals surface area contributed by atoms with E-state index in [9.17, 15) is 14.8 Å². The van der Waals surface area contributed by atoms with E-state index in [-0.39, 0.29) is 17.7 Å². The summed E-state index contributed by atoms with van der Waals surface area (Å²) in [5.41, 5.74) is 7.27. The zero-order valence-corrected chi connectivity index (χ0v) is 21.8. The van der Waals surface area contributed by atoms with Crippen LogP contribution in [0, 0.1) is 5.92 Å². The summed E-state index contributed by atoms with van der Waals surface area (Å²) < 4.78 is 1.49. The van der Waals surface area contributed by atoms with Gasteiger partial charge in [-0.05, 0) is 90.7 Å². The van der Waals surface area contributed by atoms with Crippen LogP contribution in [0.25, 0.3) is 0 Å². The number of aryl methyl sites for hydroxylation is 2. The van der Waals surface area contributed by atoms with Gasteiger partial charge in [-0.2, -0.15) is 5.10 Å². The SMILES string of the molecule is CC1=CN(O)C=C(C)C1=C1C=CC(=NC(=O)C(NC(=O)c2ccnn2C)[C@H]2CCc3ccccc3C2)C=C1. The Morgan fingerprint density at radius 2 is 1.74 bits per heavy atom. The summed E-state index contributed by atoms with van der Waals surface area (Å²) in [6.07, 6.45) is 14.7. The Kier molecular flexibility index (Phi) is 7.07. The Bertz CT molecular complexity index is 1430. The van der Waals surface area contributed by atoms with Crippen molar-refractivity contribution in [3.05, 3.63) is 112 Å². The van der Waals surface area contributed by atoms with Gasteiger partial charge in [0.1, 0.15) is 11.7 Å². The molecule has 2 heterocycles. The second kappa shape index (κ2) is 10.6. The van der Waals surface area contributed by atoms with Crippen molar-refractivity contribution in [2.45, 2.75) is 39.2 Å². The minimum absolute atomic E-state index is 0.0719. The molecule has 38 heavy (non-hydrogen) atoms. The number of aliphatic imine (C=N–C) groups is 1. The Morgan fingerprint density at radius 1 is 1.05 bits per heavy atom. The Balaban J connectivity index is 1.40. The number of hydrogen-bond acceptors (Lipinski definition) is 5. The quantitative estimate of drug-likeness (QED) is 0.643. The minimum Gasteiger partial charge on any atom is -0.339 e. The van der Waals surface area contributed by atoms with Crippen LogP contribution in [-0.2, 0) is 24.7 Å². The fraction of sp³-hybridized carbons (Fsp3) is 0.267. The van der Waals surface area contributed by atoms with Gasteiger partial charge in [0, 0.05) is 25.6 Å². The lowest BCUT2D eigenvalue weighted by Crippen LogP contribution is -2.47. The Morgan fingerprint density at radius 3 is 2.39 bits per heavy atom. The number of hydrogen-bond donors (Lipinski definition) is 2. The predicted molar refractivity (Wildman–Crippen MR) is 145 cm³/mol. The third-order valence-electron chi connectivity index (χ3n) is 7.30. The fourth-order valence-corrected chi connectivity index (χ4v) is 5.43. The van der Waals surface area contributed by atoms with Gasteiger partial charge in [0.2, 0.25) is 0 Å². The highest BCUT2D eigenvalue weighted by molar-refractivity contribution is 6.12. The molecule has 2 amide bonds. The van der Waals surface area contributed by atoms with E-state index in [1.54, 1.807) is 31.7 Å². The van der Waals surface area contributed by atoms with Crippen LogP contribution in [0.5, 0.6) is 0 Å². The van der Waals surface area contributed by atoms with E-state index in [2.05, 4.69) is 27.5 Å². The van der Waals surface area contributed by atoms with Crippen molar-refractivity contribution in [2.24, 2.45) is 18.0 Å². The molecule has 0 spiro atoms. The highest BCUT2D eigenvalue weighted by Crippen LogP contribution is 2.30. The smallest absolute Gasteiger partial charge is 0.270 e. The zero-order valence-electron chi connectivity index (χ0n) is 21.8. The maximum atomic E-state index is 13.6. The molecule has 0 fully saturated rings.